The first-order valence-corrected chi connectivity index (χ1v) is 14.4. The predicted molar refractivity (Wildman–Crippen MR) is 130 cm³/mol. The van der Waals surface area contributed by atoms with Gasteiger partial charge in [-0.3, -0.25) is 9.59 Å². The molecule has 2 amide bonds. The molecular weight excluding hydrogens is 478 g/mol. The number of thioether (sulfide) groups is 1. The number of amides is 2. The Hall–Kier alpha value is -2.11. The number of carboxylic acids is 1. The van der Waals surface area contributed by atoms with Crippen molar-refractivity contribution in [2.45, 2.75) is 56.0 Å². The van der Waals surface area contributed by atoms with E-state index in [-0.39, 0.29) is 22.6 Å². The number of hydrogen-bond donors (Lipinski definition) is 2. The summed E-state index contributed by atoms with van der Waals surface area (Å²) in [5, 5.41) is 9.36. The van der Waals surface area contributed by atoms with Crippen LogP contribution in [-0.4, -0.2) is 84.8 Å². The van der Waals surface area contributed by atoms with Crippen molar-refractivity contribution >= 4 is 39.6 Å². The van der Waals surface area contributed by atoms with Gasteiger partial charge in [-0.15, -0.1) is 0 Å². The number of aliphatic carboxylic acids is 1. The van der Waals surface area contributed by atoms with E-state index in [9.17, 15) is 27.9 Å². The maximum atomic E-state index is 13.3. The van der Waals surface area contributed by atoms with Crippen LogP contribution in [0.15, 0.2) is 29.2 Å². The van der Waals surface area contributed by atoms with Crippen molar-refractivity contribution in [1.82, 2.24) is 14.5 Å². The summed E-state index contributed by atoms with van der Waals surface area (Å²) in [6.45, 7) is 2.99. The third kappa shape index (κ3) is 6.31. The number of hydrogen-bond acceptors (Lipinski definition) is 6. The Kier molecular flexibility index (Phi) is 9.00. The second kappa shape index (κ2) is 11.5. The standard InChI is InChI=1S/C23H33N3O6S2/c1-16-5-7-18(8-6-16)34(31,32)24-19(11-15-33-2)22(28)25-13-9-17(10-14-25)21(27)26-12-3-4-20(26)23(29)30/h5-8,17,19-20,24H,3-4,9-15H2,1-2H3,(H,29,30). The summed E-state index contributed by atoms with van der Waals surface area (Å²) in [6, 6.07) is 4.82. The van der Waals surface area contributed by atoms with E-state index < -0.39 is 28.1 Å². The van der Waals surface area contributed by atoms with Crippen molar-refractivity contribution in [3.05, 3.63) is 29.8 Å². The van der Waals surface area contributed by atoms with Gasteiger partial charge in [-0.1, -0.05) is 17.7 Å². The van der Waals surface area contributed by atoms with Gasteiger partial charge >= 0.3 is 5.97 Å². The number of carbonyl (C=O) groups is 3. The number of sulfonamides is 1. The van der Waals surface area contributed by atoms with Crippen molar-refractivity contribution in [1.29, 1.82) is 0 Å². The Bertz CT molecular complexity index is 990. The maximum absolute atomic E-state index is 13.3. The lowest BCUT2D eigenvalue weighted by molar-refractivity contribution is -0.151. The zero-order chi connectivity index (χ0) is 24.9. The van der Waals surface area contributed by atoms with Crippen LogP contribution in [0.3, 0.4) is 0 Å². The molecule has 2 saturated heterocycles. The normalized spacial score (nSPS) is 20.4. The molecule has 0 radical (unpaired) electrons. The van der Waals surface area contributed by atoms with Gasteiger partial charge in [0.15, 0.2) is 0 Å². The van der Waals surface area contributed by atoms with Crippen LogP contribution >= 0.6 is 11.8 Å². The molecule has 2 unspecified atom stereocenters. The van der Waals surface area contributed by atoms with E-state index in [4.69, 9.17) is 0 Å². The third-order valence-corrected chi connectivity index (χ3v) is 8.65. The van der Waals surface area contributed by atoms with Gasteiger partial charge in [0.05, 0.1) is 4.90 Å². The fraction of sp³-hybridized carbons (Fsp3) is 0.609. The molecule has 2 heterocycles. The Morgan fingerprint density at radius 3 is 2.35 bits per heavy atom. The Labute approximate surface area is 205 Å². The van der Waals surface area contributed by atoms with E-state index in [0.29, 0.717) is 57.5 Å². The van der Waals surface area contributed by atoms with Crippen LogP contribution in [0.2, 0.25) is 0 Å². The SMILES string of the molecule is CSCCC(NS(=O)(=O)c1ccc(C)cc1)C(=O)N1CCC(C(=O)N2CCCC2C(=O)O)CC1. The zero-order valence-electron chi connectivity index (χ0n) is 19.6. The summed E-state index contributed by atoms with van der Waals surface area (Å²) in [4.78, 5) is 40.8. The largest absolute Gasteiger partial charge is 0.480 e. The van der Waals surface area contributed by atoms with E-state index in [1.54, 1.807) is 17.0 Å². The fourth-order valence-corrected chi connectivity index (χ4v) is 6.23. The van der Waals surface area contributed by atoms with Gasteiger partial charge < -0.3 is 14.9 Å². The monoisotopic (exact) mass is 511 g/mol. The van der Waals surface area contributed by atoms with Gasteiger partial charge in [0, 0.05) is 25.6 Å². The molecule has 188 valence electrons. The van der Waals surface area contributed by atoms with Crippen LogP contribution in [0.5, 0.6) is 0 Å². The van der Waals surface area contributed by atoms with Gasteiger partial charge in [-0.25, -0.2) is 13.2 Å². The molecular formula is C23H33N3O6S2. The van der Waals surface area contributed by atoms with Gasteiger partial charge in [0.1, 0.15) is 12.1 Å². The summed E-state index contributed by atoms with van der Waals surface area (Å²) in [5.74, 6) is -1.13. The van der Waals surface area contributed by atoms with Crippen LogP contribution in [-0.2, 0) is 24.4 Å². The van der Waals surface area contributed by atoms with Crippen molar-refractivity contribution in [3.8, 4) is 0 Å². The first-order chi connectivity index (χ1) is 16.1. The third-order valence-electron chi connectivity index (χ3n) is 6.51. The van der Waals surface area contributed by atoms with E-state index in [1.165, 1.54) is 28.8 Å². The summed E-state index contributed by atoms with van der Waals surface area (Å²) < 4.78 is 28.4. The number of aryl methyl sites for hydroxylation is 1. The second-order valence-corrected chi connectivity index (χ2v) is 11.6. The fourth-order valence-electron chi connectivity index (χ4n) is 4.53. The first kappa shape index (κ1) is 26.5. The summed E-state index contributed by atoms with van der Waals surface area (Å²) in [6.07, 6.45) is 4.28. The topological polar surface area (TPSA) is 124 Å². The predicted octanol–water partition coefficient (Wildman–Crippen LogP) is 1.71. The van der Waals surface area contributed by atoms with Gasteiger partial charge in [0.25, 0.3) is 0 Å². The molecule has 3 rings (SSSR count). The molecule has 11 heteroatoms. The van der Waals surface area contributed by atoms with Crippen molar-refractivity contribution in [3.63, 3.8) is 0 Å². The highest BCUT2D eigenvalue weighted by Gasteiger charge is 2.39. The molecule has 2 aliphatic heterocycles. The van der Waals surface area contributed by atoms with E-state index in [0.717, 1.165) is 5.56 Å². The van der Waals surface area contributed by atoms with Crippen LogP contribution < -0.4 is 4.72 Å². The zero-order valence-corrected chi connectivity index (χ0v) is 21.2. The lowest BCUT2D eigenvalue weighted by Crippen LogP contribution is -2.52. The van der Waals surface area contributed by atoms with Gasteiger partial charge in [0.2, 0.25) is 21.8 Å². The number of rotatable bonds is 9. The average Bonchev–Trinajstić information content (AvgIpc) is 3.31. The van der Waals surface area contributed by atoms with Crippen LogP contribution in [0.25, 0.3) is 0 Å². The van der Waals surface area contributed by atoms with Crippen LogP contribution in [0.1, 0.15) is 37.7 Å². The van der Waals surface area contributed by atoms with E-state index >= 15 is 0 Å². The van der Waals surface area contributed by atoms with Crippen LogP contribution in [0, 0.1) is 12.8 Å². The number of carbonyl (C=O) groups excluding carboxylic acids is 2. The Morgan fingerprint density at radius 1 is 1.12 bits per heavy atom. The molecule has 2 N–H and O–H groups in total. The molecule has 9 nitrogen and oxygen atoms in total. The molecule has 2 aliphatic rings. The minimum absolute atomic E-state index is 0.114. The van der Waals surface area contributed by atoms with Crippen molar-refractivity contribution in [2.24, 2.45) is 5.92 Å². The van der Waals surface area contributed by atoms with Crippen molar-refractivity contribution < 1.29 is 27.9 Å². The van der Waals surface area contributed by atoms with Gasteiger partial charge in [-0.2, -0.15) is 16.5 Å². The minimum Gasteiger partial charge on any atom is -0.480 e. The second-order valence-electron chi connectivity index (χ2n) is 8.90. The Morgan fingerprint density at radius 2 is 1.76 bits per heavy atom. The van der Waals surface area contributed by atoms with E-state index in [2.05, 4.69) is 4.72 Å². The number of carboxylic acid groups (broad SMARTS) is 1. The Balaban J connectivity index is 1.63. The number of likely N-dealkylation sites (tertiary alicyclic amines) is 2. The number of nitrogens with zero attached hydrogens (tertiary/aromatic N) is 2. The molecule has 0 aliphatic carbocycles. The summed E-state index contributed by atoms with van der Waals surface area (Å²) in [5.41, 5.74) is 0.940. The molecule has 2 fully saturated rings. The lowest BCUT2D eigenvalue weighted by Gasteiger charge is -2.35. The quantitative estimate of drug-likeness (QED) is 0.517. The van der Waals surface area contributed by atoms with Crippen molar-refractivity contribution in [2.75, 3.05) is 31.6 Å². The number of benzene rings is 1. The molecule has 0 spiro atoms. The average molecular weight is 512 g/mol. The highest BCUT2D eigenvalue weighted by atomic mass is 32.2. The minimum atomic E-state index is -3.86. The summed E-state index contributed by atoms with van der Waals surface area (Å²) in [7, 11) is -3.86. The summed E-state index contributed by atoms with van der Waals surface area (Å²) >= 11 is 1.53. The van der Waals surface area contributed by atoms with E-state index in [1.807, 2.05) is 13.2 Å². The molecule has 2 atom stereocenters. The van der Waals surface area contributed by atoms with Gasteiger partial charge in [-0.05, 0) is 63.2 Å². The highest BCUT2D eigenvalue weighted by molar-refractivity contribution is 7.98. The first-order valence-electron chi connectivity index (χ1n) is 11.5. The molecule has 1 aromatic carbocycles. The lowest BCUT2D eigenvalue weighted by atomic mass is 9.94. The molecule has 1 aromatic rings. The number of piperidine rings is 1. The maximum Gasteiger partial charge on any atom is 0.326 e. The number of nitrogens with one attached hydrogen (secondary N) is 1. The molecule has 34 heavy (non-hydrogen) atoms. The smallest absolute Gasteiger partial charge is 0.326 e. The molecule has 0 saturated carbocycles. The molecule has 0 aromatic heterocycles. The van der Waals surface area contributed by atoms with Crippen LogP contribution in [0.4, 0.5) is 0 Å². The molecule has 0 bridgehead atoms. The highest BCUT2D eigenvalue weighted by Crippen LogP contribution is 2.26.